The number of hydrogen-bond acceptors (Lipinski definition) is 6. The molecule has 2 aromatic rings. The van der Waals surface area contributed by atoms with Gasteiger partial charge in [-0.2, -0.15) is 5.26 Å². The predicted octanol–water partition coefficient (Wildman–Crippen LogP) is 3.08. The summed E-state index contributed by atoms with van der Waals surface area (Å²) < 4.78 is 10.5. The summed E-state index contributed by atoms with van der Waals surface area (Å²) in [6.07, 6.45) is 1.43. The highest BCUT2D eigenvalue weighted by Crippen LogP contribution is 2.30. The number of thiocarbonyl (C=S) groups is 1. The van der Waals surface area contributed by atoms with Gasteiger partial charge in [-0.15, -0.1) is 0 Å². The monoisotopic (exact) mass is 427 g/mol. The van der Waals surface area contributed by atoms with Crippen molar-refractivity contribution in [1.29, 1.82) is 5.26 Å². The number of methoxy groups -OCH3 is 1. The highest BCUT2D eigenvalue weighted by molar-refractivity contribution is 7.80. The van der Waals surface area contributed by atoms with Crippen LogP contribution in [-0.2, 0) is 9.59 Å². The number of rotatable bonds is 5. The lowest BCUT2D eigenvalue weighted by Crippen LogP contribution is -2.54. The van der Waals surface area contributed by atoms with Crippen LogP contribution in [0.2, 0.25) is 5.02 Å². The van der Waals surface area contributed by atoms with Crippen LogP contribution in [-0.4, -0.2) is 30.6 Å². The molecule has 0 spiro atoms. The zero-order chi connectivity index (χ0) is 21.0. The molecule has 0 aromatic heterocycles. The Bertz CT molecular complexity index is 1060. The number of amides is 2. The zero-order valence-electron chi connectivity index (χ0n) is 15.1. The molecule has 0 atom stereocenters. The van der Waals surface area contributed by atoms with Gasteiger partial charge in [0.2, 0.25) is 0 Å². The number of nitrogens with one attached hydrogen (secondary N) is 1. The summed E-state index contributed by atoms with van der Waals surface area (Å²) >= 11 is 11.1. The van der Waals surface area contributed by atoms with Gasteiger partial charge in [0.1, 0.15) is 11.6 Å². The molecule has 0 unspecified atom stereocenters. The molecule has 0 aliphatic carbocycles. The van der Waals surface area contributed by atoms with E-state index in [4.69, 9.17) is 38.6 Å². The smallest absolute Gasteiger partial charge is 0.270 e. The van der Waals surface area contributed by atoms with Crippen molar-refractivity contribution in [3.05, 3.63) is 58.6 Å². The van der Waals surface area contributed by atoms with Gasteiger partial charge < -0.3 is 9.47 Å². The molecule has 7 nitrogen and oxygen atoms in total. The summed E-state index contributed by atoms with van der Waals surface area (Å²) in [5, 5.41) is 11.7. The molecule has 1 fully saturated rings. The van der Waals surface area contributed by atoms with E-state index in [0.29, 0.717) is 27.8 Å². The van der Waals surface area contributed by atoms with Gasteiger partial charge >= 0.3 is 0 Å². The Kier molecular flexibility index (Phi) is 6.12. The Hall–Kier alpha value is -3.41. The van der Waals surface area contributed by atoms with Crippen LogP contribution in [0.25, 0.3) is 6.08 Å². The topological polar surface area (TPSA) is 91.7 Å². The van der Waals surface area contributed by atoms with Gasteiger partial charge in [0.25, 0.3) is 11.8 Å². The van der Waals surface area contributed by atoms with Crippen LogP contribution in [0.15, 0.2) is 48.0 Å². The Labute approximate surface area is 177 Å². The molecular formula is C20H14ClN3O4S. The summed E-state index contributed by atoms with van der Waals surface area (Å²) in [6.45, 7) is -0.134. The lowest BCUT2D eigenvalue weighted by atomic mass is 10.1. The van der Waals surface area contributed by atoms with E-state index >= 15 is 0 Å². The molecule has 2 amide bonds. The quantitative estimate of drug-likeness (QED) is 0.448. The van der Waals surface area contributed by atoms with Gasteiger partial charge in [-0.25, -0.2) is 0 Å². The van der Waals surface area contributed by atoms with E-state index in [9.17, 15) is 9.59 Å². The van der Waals surface area contributed by atoms with Crippen molar-refractivity contribution in [2.24, 2.45) is 0 Å². The van der Waals surface area contributed by atoms with Gasteiger partial charge in [0, 0.05) is 5.02 Å². The van der Waals surface area contributed by atoms with Gasteiger partial charge in [-0.3, -0.25) is 19.8 Å². The number of anilines is 1. The van der Waals surface area contributed by atoms with Crippen LogP contribution < -0.4 is 19.7 Å². The van der Waals surface area contributed by atoms with Crippen molar-refractivity contribution < 1.29 is 19.1 Å². The molecule has 0 bridgehead atoms. The van der Waals surface area contributed by atoms with Crippen LogP contribution in [0.1, 0.15) is 5.56 Å². The predicted molar refractivity (Wildman–Crippen MR) is 112 cm³/mol. The number of carbonyl (C=O) groups excluding carboxylic acids is 2. The third-order valence-corrected chi connectivity index (χ3v) is 4.51. The minimum Gasteiger partial charge on any atom is -0.493 e. The first kappa shape index (κ1) is 20.3. The fourth-order valence-electron chi connectivity index (χ4n) is 2.65. The van der Waals surface area contributed by atoms with Crippen molar-refractivity contribution in [3.63, 3.8) is 0 Å². The second kappa shape index (κ2) is 8.73. The Morgan fingerprint density at radius 3 is 2.59 bits per heavy atom. The van der Waals surface area contributed by atoms with Crippen molar-refractivity contribution in [1.82, 2.24) is 5.32 Å². The average Bonchev–Trinajstić information content (AvgIpc) is 2.71. The molecule has 146 valence electrons. The summed E-state index contributed by atoms with van der Waals surface area (Å²) in [6, 6.07) is 13.2. The van der Waals surface area contributed by atoms with Gasteiger partial charge in [0.05, 0.1) is 12.8 Å². The molecule has 1 saturated heterocycles. The lowest BCUT2D eigenvalue weighted by molar-refractivity contribution is -0.122. The molecule has 1 N–H and O–H groups in total. The Balaban J connectivity index is 1.96. The van der Waals surface area contributed by atoms with Crippen LogP contribution >= 0.6 is 23.8 Å². The molecular weight excluding hydrogens is 414 g/mol. The summed E-state index contributed by atoms with van der Waals surface area (Å²) in [4.78, 5) is 26.6. The molecule has 29 heavy (non-hydrogen) atoms. The van der Waals surface area contributed by atoms with Crippen LogP contribution in [0.4, 0.5) is 5.69 Å². The first-order valence-electron chi connectivity index (χ1n) is 8.29. The minimum absolute atomic E-state index is 0.0164. The fraction of sp³-hybridized carbons (Fsp3) is 0.100. The van der Waals surface area contributed by atoms with Crippen molar-refractivity contribution >= 4 is 52.5 Å². The Morgan fingerprint density at radius 2 is 1.93 bits per heavy atom. The molecule has 1 heterocycles. The second-order valence-corrected chi connectivity index (χ2v) is 6.61. The number of nitrogens with zero attached hydrogens (tertiary/aromatic N) is 2. The SMILES string of the molecule is COc1cc(C=C2C(=O)NC(=S)N(c3ccc(Cl)cc3)C2=O)ccc1OCC#N. The molecule has 3 rings (SSSR count). The molecule has 1 aliphatic rings. The molecule has 9 heteroatoms. The third kappa shape index (κ3) is 4.37. The van der Waals surface area contributed by atoms with Gasteiger partial charge in [-0.1, -0.05) is 17.7 Å². The fourth-order valence-corrected chi connectivity index (χ4v) is 3.06. The van der Waals surface area contributed by atoms with Crippen LogP contribution in [0.3, 0.4) is 0 Å². The van der Waals surface area contributed by atoms with Crippen molar-refractivity contribution in [2.75, 3.05) is 18.6 Å². The zero-order valence-corrected chi connectivity index (χ0v) is 16.7. The third-order valence-electron chi connectivity index (χ3n) is 3.98. The first-order valence-corrected chi connectivity index (χ1v) is 9.08. The normalized spacial score (nSPS) is 15.1. The number of nitriles is 1. The van der Waals surface area contributed by atoms with E-state index in [1.807, 2.05) is 6.07 Å². The lowest BCUT2D eigenvalue weighted by Gasteiger charge is -2.29. The second-order valence-electron chi connectivity index (χ2n) is 5.79. The van der Waals surface area contributed by atoms with Crippen molar-refractivity contribution in [3.8, 4) is 17.6 Å². The number of halogens is 1. The van der Waals surface area contributed by atoms with E-state index in [0.717, 1.165) is 0 Å². The highest BCUT2D eigenvalue weighted by atomic mass is 35.5. The first-order chi connectivity index (χ1) is 13.9. The molecule has 0 saturated carbocycles. The van der Waals surface area contributed by atoms with E-state index < -0.39 is 11.8 Å². The summed E-state index contributed by atoms with van der Waals surface area (Å²) in [5.74, 6) is -0.429. The van der Waals surface area contributed by atoms with Gasteiger partial charge in [0.15, 0.2) is 23.2 Å². The summed E-state index contributed by atoms with van der Waals surface area (Å²) in [7, 11) is 1.45. The highest BCUT2D eigenvalue weighted by Gasteiger charge is 2.34. The number of carbonyl (C=O) groups is 2. The van der Waals surface area contributed by atoms with Crippen molar-refractivity contribution in [2.45, 2.75) is 0 Å². The van der Waals surface area contributed by atoms with Gasteiger partial charge in [-0.05, 0) is 60.3 Å². The maximum atomic E-state index is 13.0. The maximum Gasteiger partial charge on any atom is 0.270 e. The van der Waals surface area contributed by atoms with Crippen LogP contribution in [0.5, 0.6) is 11.5 Å². The summed E-state index contributed by atoms with van der Waals surface area (Å²) in [5.41, 5.74) is 0.919. The van der Waals surface area contributed by atoms with E-state index in [2.05, 4.69) is 5.32 Å². The van der Waals surface area contributed by atoms with Crippen LogP contribution in [0, 0.1) is 11.3 Å². The largest absolute Gasteiger partial charge is 0.493 e. The van der Waals surface area contributed by atoms with E-state index in [1.54, 1.807) is 42.5 Å². The maximum absolute atomic E-state index is 13.0. The van der Waals surface area contributed by atoms with E-state index in [-0.39, 0.29) is 17.3 Å². The molecule has 2 aromatic carbocycles. The average molecular weight is 428 g/mol. The molecule has 1 aliphatic heterocycles. The molecule has 0 radical (unpaired) electrons. The standard InChI is InChI=1S/C20H14ClN3O4S/c1-27-17-11-12(2-7-16(17)28-9-8-22)10-15-18(25)23-20(29)24(19(15)26)14-5-3-13(21)4-6-14/h2-7,10-11H,9H2,1H3,(H,23,25,29). The number of hydrogen-bond donors (Lipinski definition) is 1. The number of benzene rings is 2. The minimum atomic E-state index is -0.603. The Morgan fingerprint density at radius 1 is 1.21 bits per heavy atom. The number of ether oxygens (including phenoxy) is 2. The van der Waals surface area contributed by atoms with E-state index in [1.165, 1.54) is 18.1 Å².